The molecule has 0 radical (unpaired) electrons. The van der Waals surface area contributed by atoms with Crippen LogP contribution in [0, 0.1) is 11.6 Å². The first-order valence-corrected chi connectivity index (χ1v) is 5.02. The lowest BCUT2D eigenvalue weighted by atomic mass is 10.3. The second-order valence-electron chi connectivity index (χ2n) is 1.77. The lowest BCUT2D eigenvalue weighted by molar-refractivity contribution is 0.573. The fraction of sp³-hybridized carbons (Fsp3) is 0. The molecular weight excluding hydrogens is 257 g/mol. The van der Waals surface area contributed by atoms with Crippen molar-refractivity contribution < 1.29 is 8.78 Å². The van der Waals surface area contributed by atoms with Gasteiger partial charge in [-0.15, -0.1) is 0 Å². The van der Waals surface area contributed by atoms with Crippen LogP contribution in [0.5, 0.6) is 0 Å². The van der Waals surface area contributed by atoms with Crippen molar-refractivity contribution in [2.75, 3.05) is 0 Å². The average Bonchev–Trinajstić information content (AvgIpc) is 1.97. The molecule has 11 heavy (non-hydrogen) atoms. The molecule has 0 aliphatic carbocycles. The molecule has 0 heterocycles. The Morgan fingerprint density at radius 1 is 1.27 bits per heavy atom. The summed E-state index contributed by atoms with van der Waals surface area (Å²) in [6.45, 7) is 0. The summed E-state index contributed by atoms with van der Waals surface area (Å²) in [5, 5.41) is 0. The second kappa shape index (κ2) is 3.74. The van der Waals surface area contributed by atoms with Gasteiger partial charge in [0.15, 0.2) is 0 Å². The Morgan fingerprint density at radius 3 is 2.45 bits per heavy atom. The van der Waals surface area contributed by atoms with Crippen LogP contribution in [0.25, 0.3) is 0 Å². The second-order valence-corrected chi connectivity index (χ2v) is 3.69. The van der Waals surface area contributed by atoms with Gasteiger partial charge in [0.1, 0.15) is 11.6 Å². The predicted molar refractivity (Wildman–Crippen MR) is 45.8 cm³/mol. The first kappa shape index (κ1) is 9.29. The summed E-state index contributed by atoms with van der Waals surface area (Å²) in [5.74, 6) is -1.05. The highest BCUT2D eigenvalue weighted by molar-refractivity contribution is 9.10. The Hall–Kier alpha value is 0.200. The van der Waals surface area contributed by atoms with Gasteiger partial charge in [-0.05, 0) is 49.7 Å². The summed E-state index contributed by atoms with van der Waals surface area (Å²) in [7, 11) is 5.91. The molecule has 0 amide bonds. The molecule has 5 heteroatoms. The van der Waals surface area contributed by atoms with Gasteiger partial charge < -0.3 is 0 Å². The zero-order valence-electron chi connectivity index (χ0n) is 5.07. The predicted octanol–water partition coefficient (Wildman–Crippen LogP) is 3.97. The van der Waals surface area contributed by atoms with Gasteiger partial charge in [0.2, 0.25) is 0 Å². The lowest BCUT2D eigenvalue weighted by Gasteiger charge is -1.98. The van der Waals surface area contributed by atoms with E-state index in [-0.39, 0.29) is 9.37 Å². The maximum absolute atomic E-state index is 12.7. The molecule has 0 aromatic heterocycles. The molecule has 0 saturated heterocycles. The molecule has 0 N–H and O–H groups in total. The highest BCUT2D eigenvalue weighted by Gasteiger charge is 2.07. The van der Waals surface area contributed by atoms with Crippen molar-refractivity contribution in [2.45, 2.75) is 4.90 Å². The van der Waals surface area contributed by atoms with Crippen LogP contribution in [-0.4, -0.2) is 0 Å². The zero-order chi connectivity index (χ0) is 8.43. The van der Waals surface area contributed by atoms with E-state index in [1.165, 1.54) is 0 Å². The molecule has 0 spiro atoms. The van der Waals surface area contributed by atoms with E-state index in [4.69, 9.17) is 10.7 Å². The van der Waals surface area contributed by atoms with Crippen molar-refractivity contribution in [2.24, 2.45) is 0 Å². The topological polar surface area (TPSA) is 0 Å². The third-order valence-corrected chi connectivity index (χ3v) is 2.64. The largest absolute Gasteiger partial charge is 0.206 e. The Morgan fingerprint density at radius 2 is 1.91 bits per heavy atom. The first-order valence-electron chi connectivity index (χ1n) is 2.58. The monoisotopic (exact) mass is 258 g/mol. The minimum absolute atomic E-state index is 0.0902. The third kappa shape index (κ3) is 2.07. The average molecular weight is 260 g/mol. The number of hydrogen-bond donors (Lipinski definition) is 0. The highest BCUT2D eigenvalue weighted by atomic mass is 79.9. The minimum Gasteiger partial charge on any atom is -0.206 e. The van der Waals surface area contributed by atoms with Crippen LogP contribution in [-0.2, 0) is 0 Å². The van der Waals surface area contributed by atoms with E-state index in [9.17, 15) is 8.78 Å². The number of hydrogen-bond acceptors (Lipinski definition) is 1. The molecule has 0 aliphatic rings. The van der Waals surface area contributed by atoms with E-state index in [0.717, 1.165) is 12.1 Å². The Kier molecular flexibility index (Phi) is 3.16. The van der Waals surface area contributed by atoms with Crippen LogP contribution < -0.4 is 0 Å². The summed E-state index contributed by atoms with van der Waals surface area (Å²) in [4.78, 5) is 0.0902. The molecule has 0 fully saturated rings. The van der Waals surface area contributed by atoms with Gasteiger partial charge in [-0.3, -0.25) is 0 Å². The normalized spacial score (nSPS) is 10.2. The maximum atomic E-state index is 12.7. The molecule has 0 nitrogen and oxygen atoms in total. The Bertz CT molecular complexity index is 280. The van der Waals surface area contributed by atoms with Crippen molar-refractivity contribution >= 4 is 37.6 Å². The molecule has 0 unspecified atom stereocenters. The molecule has 1 aromatic rings. The van der Waals surface area contributed by atoms with Gasteiger partial charge in [-0.1, -0.05) is 0 Å². The van der Waals surface area contributed by atoms with E-state index in [2.05, 4.69) is 15.9 Å². The summed E-state index contributed by atoms with van der Waals surface area (Å²) in [5.41, 5.74) is 0. The SMILES string of the molecule is Fc1cc(SCl)c(F)cc1Br. The molecular formula is C6H2BrClF2S. The minimum atomic E-state index is -0.529. The maximum Gasteiger partial charge on any atom is 0.139 e. The van der Waals surface area contributed by atoms with E-state index >= 15 is 0 Å². The van der Waals surface area contributed by atoms with Crippen molar-refractivity contribution in [1.82, 2.24) is 0 Å². The van der Waals surface area contributed by atoms with Gasteiger partial charge in [-0.2, -0.15) is 0 Å². The number of benzene rings is 1. The molecule has 60 valence electrons. The van der Waals surface area contributed by atoms with Crippen LogP contribution in [0.3, 0.4) is 0 Å². The molecule has 1 rings (SSSR count). The standard InChI is InChI=1S/C6H2BrClF2S/c7-3-1-5(10)6(11-8)2-4(3)9/h1-2H. The summed E-state index contributed by atoms with van der Waals surface area (Å²) in [6.07, 6.45) is 0. The van der Waals surface area contributed by atoms with Crippen LogP contribution in [0.1, 0.15) is 0 Å². The van der Waals surface area contributed by atoms with Crippen molar-refractivity contribution in [1.29, 1.82) is 0 Å². The smallest absolute Gasteiger partial charge is 0.139 e. The van der Waals surface area contributed by atoms with Gasteiger partial charge in [0.25, 0.3) is 0 Å². The van der Waals surface area contributed by atoms with E-state index in [1.807, 2.05) is 0 Å². The van der Waals surface area contributed by atoms with Crippen molar-refractivity contribution in [3.05, 3.63) is 28.2 Å². The van der Waals surface area contributed by atoms with Crippen LogP contribution in [0.15, 0.2) is 21.5 Å². The number of halogens is 4. The zero-order valence-corrected chi connectivity index (χ0v) is 8.23. The van der Waals surface area contributed by atoms with E-state index in [1.54, 1.807) is 0 Å². The third-order valence-electron chi connectivity index (χ3n) is 1.06. The fourth-order valence-electron chi connectivity index (χ4n) is 0.563. The van der Waals surface area contributed by atoms with E-state index < -0.39 is 11.6 Å². The number of rotatable bonds is 1. The molecule has 0 atom stereocenters. The van der Waals surface area contributed by atoms with Gasteiger partial charge >= 0.3 is 0 Å². The van der Waals surface area contributed by atoms with Gasteiger partial charge in [0.05, 0.1) is 9.37 Å². The highest BCUT2D eigenvalue weighted by Crippen LogP contribution is 2.29. The van der Waals surface area contributed by atoms with Crippen LogP contribution in [0.2, 0.25) is 0 Å². The quantitative estimate of drug-likeness (QED) is 0.688. The fourth-order valence-corrected chi connectivity index (χ4v) is 1.51. The first-order chi connectivity index (χ1) is 5.15. The molecule has 0 bridgehead atoms. The van der Waals surface area contributed by atoms with Gasteiger partial charge in [0, 0.05) is 0 Å². The van der Waals surface area contributed by atoms with Crippen LogP contribution >= 0.6 is 37.6 Å². The van der Waals surface area contributed by atoms with Crippen LogP contribution in [0.4, 0.5) is 8.78 Å². The van der Waals surface area contributed by atoms with Crippen molar-refractivity contribution in [3.63, 3.8) is 0 Å². The van der Waals surface area contributed by atoms with Gasteiger partial charge in [-0.25, -0.2) is 8.78 Å². The molecule has 0 saturated carbocycles. The molecule has 1 aromatic carbocycles. The lowest BCUT2D eigenvalue weighted by Crippen LogP contribution is -1.83. The molecule has 0 aliphatic heterocycles. The summed E-state index contributed by atoms with van der Waals surface area (Å²) in [6, 6.07) is 2.08. The Balaban J connectivity index is 3.21. The summed E-state index contributed by atoms with van der Waals surface area (Å²) >= 11 is 2.84. The Labute approximate surface area is 79.6 Å². The summed E-state index contributed by atoms with van der Waals surface area (Å²) < 4.78 is 25.5. The van der Waals surface area contributed by atoms with Crippen molar-refractivity contribution in [3.8, 4) is 0 Å². The van der Waals surface area contributed by atoms with E-state index in [0.29, 0.717) is 11.0 Å².